The van der Waals surface area contributed by atoms with Crippen molar-refractivity contribution in [3.05, 3.63) is 106 Å². The Labute approximate surface area is 212 Å². The highest BCUT2D eigenvalue weighted by molar-refractivity contribution is 7.07. The summed E-state index contributed by atoms with van der Waals surface area (Å²) in [4.78, 5) is 42.4. The Hall–Kier alpha value is -3.85. The van der Waals surface area contributed by atoms with Crippen LogP contribution in [0, 0.1) is 10.1 Å². The van der Waals surface area contributed by atoms with Gasteiger partial charge in [-0.2, -0.15) is 0 Å². The zero-order valence-electron chi connectivity index (χ0n) is 20.8. The van der Waals surface area contributed by atoms with Crippen LogP contribution in [0.4, 0.5) is 5.69 Å². The average molecular weight is 506 g/mol. The van der Waals surface area contributed by atoms with Crippen LogP contribution in [0.15, 0.2) is 69.6 Å². The standard InChI is InChI=1S/C27H27N3O5S/c1-6-35-25(32)22-16(2)28-26-29(23(22)18-10-12-19(13-11-18)27(3,4)5)24(31)21(36-26)15-17-8-7-9-20(14-17)30(33)34/h7-15,23H,6H2,1-5H3. The fourth-order valence-electron chi connectivity index (χ4n) is 4.15. The van der Waals surface area contributed by atoms with Crippen LogP contribution in [-0.2, 0) is 14.9 Å². The van der Waals surface area contributed by atoms with E-state index in [1.807, 2.05) is 24.3 Å². The number of nitro groups is 1. The summed E-state index contributed by atoms with van der Waals surface area (Å²) in [7, 11) is 0. The average Bonchev–Trinajstić information content (AvgIpc) is 3.12. The lowest BCUT2D eigenvalue weighted by atomic mass is 9.85. The van der Waals surface area contributed by atoms with Crippen molar-refractivity contribution in [2.75, 3.05) is 6.61 Å². The van der Waals surface area contributed by atoms with Crippen LogP contribution in [-0.4, -0.2) is 22.1 Å². The SMILES string of the molecule is CCOC(=O)C1=C(C)N=c2sc(=Cc3cccc([N+](=O)[O-])c3)c(=O)n2C1c1ccc(C(C)(C)C)cc1. The maximum Gasteiger partial charge on any atom is 0.338 e. The molecule has 0 N–H and O–H groups in total. The number of aromatic nitrogens is 1. The first-order valence-electron chi connectivity index (χ1n) is 11.6. The van der Waals surface area contributed by atoms with Crippen LogP contribution >= 0.6 is 11.3 Å². The molecule has 8 nitrogen and oxygen atoms in total. The third-order valence-corrected chi connectivity index (χ3v) is 6.97. The van der Waals surface area contributed by atoms with Crippen molar-refractivity contribution < 1.29 is 14.5 Å². The summed E-state index contributed by atoms with van der Waals surface area (Å²) >= 11 is 1.18. The summed E-state index contributed by atoms with van der Waals surface area (Å²) in [6.45, 7) is 10.0. The van der Waals surface area contributed by atoms with E-state index < -0.39 is 16.9 Å². The minimum Gasteiger partial charge on any atom is -0.463 e. The molecule has 2 aromatic carbocycles. The maximum absolute atomic E-state index is 13.7. The van der Waals surface area contributed by atoms with Crippen LogP contribution < -0.4 is 14.9 Å². The number of ether oxygens (including phenoxy) is 1. The molecule has 0 saturated heterocycles. The molecule has 9 heteroatoms. The van der Waals surface area contributed by atoms with Gasteiger partial charge in [0.05, 0.1) is 33.4 Å². The van der Waals surface area contributed by atoms with E-state index in [1.165, 1.54) is 28.0 Å². The molecule has 0 radical (unpaired) electrons. The van der Waals surface area contributed by atoms with E-state index in [0.29, 0.717) is 26.2 Å². The second-order valence-corrected chi connectivity index (χ2v) is 10.5. The van der Waals surface area contributed by atoms with Crippen molar-refractivity contribution in [2.24, 2.45) is 4.99 Å². The number of nitrogens with zero attached hydrogens (tertiary/aromatic N) is 3. The topological polar surface area (TPSA) is 104 Å². The highest BCUT2D eigenvalue weighted by atomic mass is 32.1. The predicted molar refractivity (Wildman–Crippen MR) is 139 cm³/mol. The van der Waals surface area contributed by atoms with Gasteiger partial charge in [-0.15, -0.1) is 0 Å². The molecule has 4 rings (SSSR count). The zero-order chi connectivity index (χ0) is 26.2. The summed E-state index contributed by atoms with van der Waals surface area (Å²) < 4.78 is 7.21. The molecule has 1 atom stereocenters. The van der Waals surface area contributed by atoms with E-state index in [0.717, 1.165) is 11.1 Å². The van der Waals surface area contributed by atoms with Crippen molar-refractivity contribution in [1.29, 1.82) is 0 Å². The molecule has 0 amide bonds. The fraction of sp³-hybridized carbons (Fsp3) is 0.296. The smallest absolute Gasteiger partial charge is 0.338 e. The second kappa shape index (κ2) is 9.66. The summed E-state index contributed by atoms with van der Waals surface area (Å²) in [5.74, 6) is -0.517. The summed E-state index contributed by atoms with van der Waals surface area (Å²) in [6.07, 6.45) is 1.61. The van der Waals surface area contributed by atoms with E-state index in [9.17, 15) is 19.7 Å². The Morgan fingerprint density at radius 3 is 2.53 bits per heavy atom. The molecule has 1 unspecified atom stereocenters. The van der Waals surface area contributed by atoms with Crippen molar-refractivity contribution in [2.45, 2.75) is 46.1 Å². The third-order valence-electron chi connectivity index (χ3n) is 5.99. The number of benzene rings is 2. The quantitative estimate of drug-likeness (QED) is 0.296. The highest BCUT2D eigenvalue weighted by Gasteiger charge is 2.33. The fourth-order valence-corrected chi connectivity index (χ4v) is 5.20. The predicted octanol–water partition coefficient (Wildman–Crippen LogP) is 4.00. The minimum atomic E-state index is -0.707. The molecule has 1 aromatic heterocycles. The molecule has 0 spiro atoms. The lowest BCUT2D eigenvalue weighted by Gasteiger charge is -2.26. The highest BCUT2D eigenvalue weighted by Crippen LogP contribution is 2.32. The van der Waals surface area contributed by atoms with Gasteiger partial charge in [-0.3, -0.25) is 19.5 Å². The van der Waals surface area contributed by atoms with Crippen LogP contribution in [0.5, 0.6) is 0 Å². The number of esters is 1. The molecule has 3 aromatic rings. The van der Waals surface area contributed by atoms with E-state index in [2.05, 4.69) is 25.8 Å². The molecule has 0 aliphatic carbocycles. The first-order chi connectivity index (χ1) is 17.0. The lowest BCUT2D eigenvalue weighted by Crippen LogP contribution is -2.40. The largest absolute Gasteiger partial charge is 0.463 e. The van der Waals surface area contributed by atoms with Crippen molar-refractivity contribution in [3.63, 3.8) is 0 Å². The number of allylic oxidation sites excluding steroid dienone is 1. The minimum absolute atomic E-state index is 0.0546. The van der Waals surface area contributed by atoms with Gasteiger partial charge in [0.25, 0.3) is 11.2 Å². The van der Waals surface area contributed by atoms with Crippen molar-refractivity contribution >= 4 is 29.1 Å². The number of rotatable bonds is 5. The molecule has 1 aliphatic rings. The second-order valence-electron chi connectivity index (χ2n) is 9.53. The number of carbonyl (C=O) groups is 1. The molecule has 0 bridgehead atoms. The molecule has 36 heavy (non-hydrogen) atoms. The van der Waals surface area contributed by atoms with E-state index in [4.69, 9.17) is 4.74 Å². The van der Waals surface area contributed by atoms with E-state index in [1.54, 1.807) is 32.1 Å². The number of hydrogen-bond acceptors (Lipinski definition) is 7. The zero-order valence-corrected chi connectivity index (χ0v) is 21.6. The van der Waals surface area contributed by atoms with Crippen LogP contribution in [0.3, 0.4) is 0 Å². The molecule has 186 valence electrons. The molecular weight excluding hydrogens is 478 g/mol. The van der Waals surface area contributed by atoms with Gasteiger partial charge in [-0.05, 0) is 42.0 Å². The van der Waals surface area contributed by atoms with E-state index >= 15 is 0 Å². The first kappa shape index (κ1) is 25.2. The summed E-state index contributed by atoms with van der Waals surface area (Å²) in [6, 6.07) is 13.3. The van der Waals surface area contributed by atoms with Gasteiger partial charge in [-0.1, -0.05) is 68.5 Å². The normalized spacial score (nSPS) is 15.9. The lowest BCUT2D eigenvalue weighted by molar-refractivity contribution is -0.384. The Morgan fingerprint density at radius 1 is 1.22 bits per heavy atom. The molecule has 1 aliphatic heterocycles. The number of fused-ring (bicyclic) bond motifs is 1. The van der Waals surface area contributed by atoms with Crippen molar-refractivity contribution in [3.8, 4) is 0 Å². The van der Waals surface area contributed by atoms with Gasteiger partial charge in [0, 0.05) is 12.1 Å². The van der Waals surface area contributed by atoms with Gasteiger partial charge in [0.15, 0.2) is 4.80 Å². The molecule has 2 heterocycles. The third kappa shape index (κ3) is 4.79. The number of hydrogen-bond donors (Lipinski definition) is 0. The number of nitro benzene ring substituents is 1. The molecular formula is C27H27N3O5S. The Balaban J connectivity index is 1.92. The van der Waals surface area contributed by atoms with Crippen LogP contribution in [0.2, 0.25) is 0 Å². The number of non-ortho nitro benzene ring substituents is 1. The summed E-state index contributed by atoms with van der Waals surface area (Å²) in [5.41, 5.74) is 2.78. The Morgan fingerprint density at radius 2 is 1.92 bits per heavy atom. The van der Waals surface area contributed by atoms with Crippen molar-refractivity contribution in [1.82, 2.24) is 4.57 Å². The number of carbonyl (C=O) groups excluding carboxylic acids is 1. The summed E-state index contributed by atoms with van der Waals surface area (Å²) in [5, 5.41) is 11.2. The number of thiazole rings is 1. The van der Waals surface area contributed by atoms with Gasteiger partial charge < -0.3 is 4.74 Å². The van der Waals surface area contributed by atoms with Gasteiger partial charge >= 0.3 is 5.97 Å². The van der Waals surface area contributed by atoms with E-state index in [-0.39, 0.29) is 23.3 Å². The molecule has 0 saturated carbocycles. The van der Waals surface area contributed by atoms with Gasteiger partial charge in [0.2, 0.25) is 0 Å². The Bertz CT molecular complexity index is 1560. The first-order valence-corrected chi connectivity index (χ1v) is 12.4. The molecule has 0 fully saturated rings. The van der Waals surface area contributed by atoms with Gasteiger partial charge in [-0.25, -0.2) is 9.79 Å². The maximum atomic E-state index is 13.7. The monoisotopic (exact) mass is 505 g/mol. The van der Waals surface area contributed by atoms with Crippen LogP contribution in [0.1, 0.15) is 57.4 Å². The van der Waals surface area contributed by atoms with Gasteiger partial charge in [0.1, 0.15) is 0 Å². The van der Waals surface area contributed by atoms with Crippen LogP contribution in [0.25, 0.3) is 6.08 Å². The Kier molecular flexibility index (Phi) is 6.77.